The van der Waals surface area contributed by atoms with Crippen molar-refractivity contribution in [3.8, 4) is 0 Å². The fourth-order valence-corrected chi connectivity index (χ4v) is 2.66. The number of anilines is 1. The lowest BCUT2D eigenvalue weighted by Gasteiger charge is -2.15. The van der Waals surface area contributed by atoms with E-state index in [4.69, 9.17) is 0 Å². The minimum absolute atomic E-state index is 0.0561. The third-order valence-electron chi connectivity index (χ3n) is 3.66. The van der Waals surface area contributed by atoms with E-state index in [1.54, 1.807) is 12.4 Å². The Morgan fingerprint density at radius 2 is 2.18 bits per heavy atom. The molecule has 2 aromatic rings. The minimum Gasteiger partial charge on any atom is -0.375 e. The van der Waals surface area contributed by atoms with Gasteiger partial charge in [0.15, 0.2) is 0 Å². The van der Waals surface area contributed by atoms with E-state index >= 15 is 0 Å². The Hall–Kier alpha value is -2.37. The molecule has 0 radical (unpaired) electrons. The number of aryl methyl sites for hydroxylation is 2. The van der Waals surface area contributed by atoms with Crippen LogP contribution < -0.4 is 10.6 Å². The van der Waals surface area contributed by atoms with Crippen molar-refractivity contribution in [1.29, 1.82) is 0 Å². The highest BCUT2D eigenvalue weighted by Gasteiger charge is 2.18. The summed E-state index contributed by atoms with van der Waals surface area (Å²) in [6.45, 7) is 9.11. The molecule has 0 spiro atoms. The molecule has 1 unspecified atom stereocenters. The number of amides is 1. The number of nitrogens with zero attached hydrogens (tertiary/aromatic N) is 3. The Kier molecular flexibility index (Phi) is 5.14. The molecule has 0 aliphatic carbocycles. The molecule has 0 aliphatic rings. The topological polar surface area (TPSA) is 71.8 Å². The molecule has 0 fully saturated rings. The lowest BCUT2D eigenvalue weighted by atomic mass is 10.1. The Bertz CT molecular complexity index is 635. The number of carbonyl (C=O) groups excluding carboxylic acids is 1. The molecule has 2 rings (SSSR count). The van der Waals surface area contributed by atoms with Crippen LogP contribution >= 0.6 is 0 Å². The summed E-state index contributed by atoms with van der Waals surface area (Å²) in [5, 5.41) is 10.6. The molecule has 0 aromatic carbocycles. The molecule has 6 nitrogen and oxygen atoms in total. The van der Waals surface area contributed by atoms with Crippen molar-refractivity contribution in [2.24, 2.45) is 0 Å². The van der Waals surface area contributed by atoms with Crippen molar-refractivity contribution >= 4 is 11.6 Å². The third-order valence-corrected chi connectivity index (χ3v) is 3.66. The molecule has 22 heavy (non-hydrogen) atoms. The summed E-state index contributed by atoms with van der Waals surface area (Å²) in [7, 11) is 0. The van der Waals surface area contributed by atoms with E-state index in [2.05, 4.69) is 27.6 Å². The van der Waals surface area contributed by atoms with Gasteiger partial charge >= 0.3 is 0 Å². The van der Waals surface area contributed by atoms with Gasteiger partial charge in [0, 0.05) is 30.2 Å². The summed E-state index contributed by atoms with van der Waals surface area (Å²) < 4.78 is 1.96. The van der Waals surface area contributed by atoms with Crippen molar-refractivity contribution in [2.45, 2.75) is 40.3 Å². The third kappa shape index (κ3) is 3.63. The molecule has 2 N–H and O–H groups in total. The average molecular weight is 301 g/mol. The zero-order chi connectivity index (χ0) is 16.1. The number of rotatable bonds is 6. The Balaban J connectivity index is 1.95. The maximum absolute atomic E-state index is 12.1. The molecule has 0 bridgehead atoms. The van der Waals surface area contributed by atoms with Crippen LogP contribution in [-0.4, -0.2) is 27.2 Å². The quantitative estimate of drug-likeness (QED) is 0.858. The number of hydrogen-bond acceptors (Lipinski definition) is 4. The van der Waals surface area contributed by atoms with Gasteiger partial charge in [-0.25, -0.2) is 0 Å². The first-order valence-corrected chi connectivity index (χ1v) is 7.50. The highest BCUT2D eigenvalue weighted by atomic mass is 16.1. The molecule has 0 saturated heterocycles. The standard InChI is InChI=1S/C16H23N5O/c1-5-21-13(4)16(12(3)20-21)11(2)19-15(22)10-18-14-7-6-8-17-9-14/h6-9,11,18H,5,10H2,1-4H3,(H,19,22). The van der Waals surface area contributed by atoms with E-state index < -0.39 is 0 Å². The SMILES string of the molecule is CCn1nc(C)c(C(C)NC(=O)CNc2cccnc2)c1C. The summed E-state index contributed by atoms with van der Waals surface area (Å²) in [6, 6.07) is 3.64. The fraction of sp³-hybridized carbons (Fsp3) is 0.438. The first-order chi connectivity index (χ1) is 10.5. The van der Waals surface area contributed by atoms with Crippen LogP contribution in [0.1, 0.15) is 36.8 Å². The van der Waals surface area contributed by atoms with E-state index in [1.165, 1.54) is 0 Å². The Labute approximate surface area is 130 Å². The zero-order valence-corrected chi connectivity index (χ0v) is 13.6. The van der Waals surface area contributed by atoms with Gasteiger partial charge in [0.2, 0.25) is 5.91 Å². The molecule has 1 atom stereocenters. The summed E-state index contributed by atoms with van der Waals surface area (Å²) in [5.41, 5.74) is 3.99. The van der Waals surface area contributed by atoms with Crippen LogP contribution in [0.3, 0.4) is 0 Å². The highest BCUT2D eigenvalue weighted by Crippen LogP contribution is 2.21. The maximum Gasteiger partial charge on any atom is 0.239 e. The van der Waals surface area contributed by atoms with E-state index in [0.29, 0.717) is 0 Å². The van der Waals surface area contributed by atoms with Crippen molar-refractivity contribution in [2.75, 3.05) is 11.9 Å². The molecular weight excluding hydrogens is 278 g/mol. The predicted molar refractivity (Wildman–Crippen MR) is 86.7 cm³/mol. The predicted octanol–water partition coefficient (Wildman–Crippen LogP) is 2.20. The summed E-state index contributed by atoms with van der Waals surface area (Å²) in [6.07, 6.45) is 3.39. The Morgan fingerprint density at radius 3 is 2.77 bits per heavy atom. The molecule has 2 aromatic heterocycles. The maximum atomic E-state index is 12.1. The lowest BCUT2D eigenvalue weighted by molar-refractivity contribution is -0.120. The molecule has 6 heteroatoms. The van der Waals surface area contributed by atoms with Crippen molar-refractivity contribution in [3.05, 3.63) is 41.5 Å². The smallest absolute Gasteiger partial charge is 0.239 e. The number of hydrogen-bond donors (Lipinski definition) is 2. The fourth-order valence-electron chi connectivity index (χ4n) is 2.66. The second kappa shape index (κ2) is 7.06. The molecule has 118 valence electrons. The van der Waals surface area contributed by atoms with Crippen LogP contribution in [0.2, 0.25) is 0 Å². The van der Waals surface area contributed by atoms with Gasteiger partial charge in [0.1, 0.15) is 0 Å². The number of pyridine rings is 1. The van der Waals surface area contributed by atoms with Crippen molar-refractivity contribution < 1.29 is 4.79 Å². The average Bonchev–Trinajstić information content (AvgIpc) is 2.80. The monoisotopic (exact) mass is 301 g/mol. The van der Waals surface area contributed by atoms with Gasteiger partial charge in [-0.05, 0) is 39.8 Å². The van der Waals surface area contributed by atoms with Crippen LogP contribution in [0.15, 0.2) is 24.5 Å². The largest absolute Gasteiger partial charge is 0.375 e. The second-order valence-electron chi connectivity index (χ2n) is 5.28. The second-order valence-corrected chi connectivity index (χ2v) is 5.28. The van der Waals surface area contributed by atoms with Crippen LogP contribution in [0.5, 0.6) is 0 Å². The number of carbonyl (C=O) groups is 1. The number of aromatic nitrogens is 3. The molecular formula is C16H23N5O. The van der Waals surface area contributed by atoms with Crippen molar-refractivity contribution in [3.63, 3.8) is 0 Å². The van der Waals surface area contributed by atoms with Gasteiger partial charge in [-0.15, -0.1) is 0 Å². The van der Waals surface area contributed by atoms with E-state index in [-0.39, 0.29) is 18.5 Å². The molecule has 2 heterocycles. The molecule has 0 aliphatic heterocycles. The summed E-state index contributed by atoms with van der Waals surface area (Å²) in [5.74, 6) is -0.0561. The van der Waals surface area contributed by atoms with Gasteiger partial charge < -0.3 is 10.6 Å². The van der Waals surface area contributed by atoms with Crippen LogP contribution in [-0.2, 0) is 11.3 Å². The Morgan fingerprint density at radius 1 is 1.41 bits per heavy atom. The van der Waals surface area contributed by atoms with E-state index in [1.807, 2.05) is 37.6 Å². The van der Waals surface area contributed by atoms with Crippen molar-refractivity contribution in [1.82, 2.24) is 20.1 Å². The lowest BCUT2D eigenvalue weighted by Crippen LogP contribution is -2.32. The number of nitrogens with one attached hydrogen (secondary N) is 2. The van der Waals surface area contributed by atoms with E-state index in [0.717, 1.165) is 29.2 Å². The van der Waals surface area contributed by atoms with E-state index in [9.17, 15) is 4.79 Å². The van der Waals surface area contributed by atoms with Gasteiger partial charge in [0.05, 0.1) is 24.0 Å². The molecule has 1 amide bonds. The normalized spacial score (nSPS) is 12.0. The summed E-state index contributed by atoms with van der Waals surface area (Å²) >= 11 is 0. The first kappa shape index (κ1) is 16.0. The van der Waals surface area contributed by atoms with Crippen LogP contribution in [0.25, 0.3) is 0 Å². The van der Waals surface area contributed by atoms with Gasteiger partial charge in [-0.1, -0.05) is 0 Å². The van der Waals surface area contributed by atoms with Crippen LogP contribution in [0.4, 0.5) is 5.69 Å². The van der Waals surface area contributed by atoms with Crippen LogP contribution in [0, 0.1) is 13.8 Å². The highest BCUT2D eigenvalue weighted by molar-refractivity contribution is 5.81. The van der Waals surface area contributed by atoms with Gasteiger partial charge in [0.25, 0.3) is 0 Å². The first-order valence-electron chi connectivity index (χ1n) is 7.50. The van der Waals surface area contributed by atoms with Gasteiger partial charge in [-0.3, -0.25) is 14.5 Å². The zero-order valence-electron chi connectivity index (χ0n) is 13.6. The minimum atomic E-state index is -0.0662. The molecule has 0 saturated carbocycles. The summed E-state index contributed by atoms with van der Waals surface area (Å²) in [4.78, 5) is 16.1. The van der Waals surface area contributed by atoms with Gasteiger partial charge in [-0.2, -0.15) is 5.10 Å².